The van der Waals surface area contributed by atoms with Crippen molar-refractivity contribution in [3.63, 3.8) is 0 Å². The molecule has 1 aliphatic heterocycles. The number of carbonyl (C=O) groups is 1. The number of alkyl halides is 1. The molecule has 0 bridgehead atoms. The smallest absolute Gasteiger partial charge is 0.285 e. The third kappa shape index (κ3) is 3.35. The van der Waals surface area contributed by atoms with E-state index in [1.165, 1.54) is 4.90 Å². The summed E-state index contributed by atoms with van der Waals surface area (Å²) in [7, 11) is 0. The second kappa shape index (κ2) is 6.44. The monoisotopic (exact) mass is 364 g/mol. The molecule has 1 amide bonds. The van der Waals surface area contributed by atoms with E-state index in [9.17, 15) is 23.7 Å². The van der Waals surface area contributed by atoms with E-state index in [-0.39, 0.29) is 25.8 Å². The lowest BCUT2D eigenvalue weighted by Crippen LogP contribution is -2.46. The summed E-state index contributed by atoms with van der Waals surface area (Å²) in [5.74, 6) is -3.37. The average molecular weight is 365 g/mol. The molecule has 1 fully saturated rings. The summed E-state index contributed by atoms with van der Waals surface area (Å²) in [4.78, 5) is 23.6. The minimum atomic E-state index is -1.36. The highest BCUT2D eigenvalue weighted by molar-refractivity contribution is 9.09. The molecule has 1 unspecified atom stereocenters. The first-order chi connectivity index (χ1) is 9.93. The lowest BCUT2D eigenvalue weighted by molar-refractivity contribution is -0.385. The van der Waals surface area contributed by atoms with Crippen molar-refractivity contribution in [3.05, 3.63) is 39.4 Å². The number of benzene rings is 1. The zero-order valence-electron chi connectivity index (χ0n) is 10.7. The van der Waals surface area contributed by atoms with Gasteiger partial charge in [0.25, 0.3) is 11.6 Å². The molecule has 1 atom stereocenters. The molecular weight excluding hydrogens is 354 g/mol. The van der Waals surface area contributed by atoms with Crippen molar-refractivity contribution in [1.82, 2.24) is 4.90 Å². The number of hydrogen-bond donors (Lipinski definition) is 0. The summed E-state index contributed by atoms with van der Waals surface area (Å²) in [5.41, 5.74) is -1.21. The van der Waals surface area contributed by atoms with E-state index in [1.54, 1.807) is 0 Å². The Morgan fingerprint density at radius 3 is 2.76 bits per heavy atom. The van der Waals surface area contributed by atoms with Crippen LogP contribution in [0.25, 0.3) is 0 Å². The van der Waals surface area contributed by atoms with Crippen LogP contribution in [0.5, 0.6) is 0 Å². The largest absolute Gasteiger partial charge is 0.374 e. The lowest BCUT2D eigenvalue weighted by atomic mass is 10.1. The molecule has 0 aromatic heterocycles. The van der Waals surface area contributed by atoms with Gasteiger partial charge in [0, 0.05) is 18.4 Å². The second-order valence-corrected chi connectivity index (χ2v) is 5.09. The van der Waals surface area contributed by atoms with Gasteiger partial charge < -0.3 is 9.64 Å². The van der Waals surface area contributed by atoms with Gasteiger partial charge in [0.2, 0.25) is 0 Å². The van der Waals surface area contributed by atoms with Crippen LogP contribution in [-0.2, 0) is 4.74 Å². The summed E-state index contributed by atoms with van der Waals surface area (Å²) in [6, 6.07) is 0.986. The predicted molar refractivity (Wildman–Crippen MR) is 72.4 cm³/mol. The number of amides is 1. The van der Waals surface area contributed by atoms with Crippen LogP contribution < -0.4 is 0 Å². The molecule has 1 aromatic carbocycles. The first kappa shape index (κ1) is 15.8. The molecule has 1 saturated heterocycles. The van der Waals surface area contributed by atoms with Gasteiger partial charge in [-0.3, -0.25) is 14.9 Å². The van der Waals surface area contributed by atoms with E-state index in [0.29, 0.717) is 17.5 Å². The highest BCUT2D eigenvalue weighted by Crippen LogP contribution is 2.24. The number of nitrogens with zero attached hydrogens (tertiary/aromatic N) is 2. The van der Waals surface area contributed by atoms with E-state index in [0.717, 1.165) is 0 Å². The van der Waals surface area contributed by atoms with Gasteiger partial charge in [0.05, 0.1) is 23.7 Å². The molecule has 1 aromatic rings. The molecule has 0 radical (unpaired) electrons. The predicted octanol–water partition coefficient (Wildman–Crippen LogP) is 2.11. The van der Waals surface area contributed by atoms with Crippen LogP contribution in [0.2, 0.25) is 0 Å². The molecule has 6 nitrogen and oxygen atoms in total. The van der Waals surface area contributed by atoms with Crippen molar-refractivity contribution in [1.29, 1.82) is 0 Å². The second-order valence-electron chi connectivity index (χ2n) is 4.44. The Morgan fingerprint density at radius 2 is 2.14 bits per heavy atom. The van der Waals surface area contributed by atoms with E-state index in [4.69, 9.17) is 4.74 Å². The van der Waals surface area contributed by atoms with E-state index in [2.05, 4.69) is 15.9 Å². The zero-order valence-corrected chi connectivity index (χ0v) is 12.3. The van der Waals surface area contributed by atoms with Crippen LogP contribution in [0.3, 0.4) is 0 Å². The van der Waals surface area contributed by atoms with Gasteiger partial charge in [-0.1, -0.05) is 15.9 Å². The Morgan fingerprint density at radius 1 is 1.48 bits per heavy atom. The summed E-state index contributed by atoms with van der Waals surface area (Å²) < 4.78 is 31.8. The minimum absolute atomic E-state index is 0.222. The van der Waals surface area contributed by atoms with Crippen LogP contribution in [0.15, 0.2) is 12.1 Å². The molecular formula is C12H11BrF2N2O4. The number of rotatable bonds is 3. The quantitative estimate of drug-likeness (QED) is 0.467. The molecule has 0 aliphatic carbocycles. The SMILES string of the molecule is O=C(c1cc(F)c(F)cc1[N+](=O)[O-])N1CCOC(CBr)C1. The third-order valence-corrected chi connectivity index (χ3v) is 3.79. The number of halogens is 3. The number of hydrogen-bond acceptors (Lipinski definition) is 4. The zero-order chi connectivity index (χ0) is 15.6. The molecule has 0 saturated carbocycles. The Balaban J connectivity index is 2.34. The Bertz CT molecular complexity index is 585. The maximum absolute atomic E-state index is 13.3. The third-order valence-electron chi connectivity index (χ3n) is 3.06. The van der Waals surface area contributed by atoms with Gasteiger partial charge in [0.1, 0.15) is 5.56 Å². The van der Waals surface area contributed by atoms with Crippen LogP contribution in [0.1, 0.15) is 10.4 Å². The highest BCUT2D eigenvalue weighted by Gasteiger charge is 2.30. The van der Waals surface area contributed by atoms with Crippen molar-refractivity contribution in [2.24, 2.45) is 0 Å². The van der Waals surface area contributed by atoms with E-state index in [1.807, 2.05) is 0 Å². The average Bonchev–Trinajstić information content (AvgIpc) is 2.48. The molecule has 21 heavy (non-hydrogen) atoms. The Hall–Kier alpha value is -1.61. The molecule has 1 heterocycles. The summed E-state index contributed by atoms with van der Waals surface area (Å²) in [6.45, 7) is 0.734. The summed E-state index contributed by atoms with van der Waals surface area (Å²) in [6.07, 6.45) is -0.243. The topological polar surface area (TPSA) is 72.7 Å². The van der Waals surface area contributed by atoms with Crippen LogP contribution in [-0.4, -0.2) is 46.9 Å². The van der Waals surface area contributed by atoms with Gasteiger partial charge in [-0.15, -0.1) is 0 Å². The standard InChI is InChI=1S/C12H11BrF2N2O4/c13-5-7-6-16(1-2-21-7)12(18)8-3-9(14)10(15)4-11(8)17(19)20/h3-4,7H,1-2,5-6H2. The number of nitro groups is 1. The van der Waals surface area contributed by atoms with Crippen molar-refractivity contribution >= 4 is 27.5 Å². The fraction of sp³-hybridized carbons (Fsp3) is 0.417. The normalized spacial score (nSPS) is 18.6. The minimum Gasteiger partial charge on any atom is -0.374 e. The molecule has 114 valence electrons. The van der Waals surface area contributed by atoms with Gasteiger partial charge in [-0.2, -0.15) is 0 Å². The fourth-order valence-corrected chi connectivity index (χ4v) is 2.42. The van der Waals surface area contributed by atoms with Crippen LogP contribution in [0, 0.1) is 21.7 Å². The maximum atomic E-state index is 13.3. The van der Waals surface area contributed by atoms with Crippen LogP contribution >= 0.6 is 15.9 Å². The number of nitro benzene ring substituents is 1. The van der Waals surface area contributed by atoms with Crippen molar-refractivity contribution in [2.75, 3.05) is 25.0 Å². The molecule has 0 N–H and O–H groups in total. The number of ether oxygens (including phenoxy) is 1. The van der Waals surface area contributed by atoms with Crippen molar-refractivity contribution < 1.29 is 23.2 Å². The highest BCUT2D eigenvalue weighted by atomic mass is 79.9. The first-order valence-electron chi connectivity index (χ1n) is 6.04. The first-order valence-corrected chi connectivity index (χ1v) is 7.16. The van der Waals surface area contributed by atoms with Gasteiger partial charge in [-0.25, -0.2) is 8.78 Å². The van der Waals surface area contributed by atoms with E-state index >= 15 is 0 Å². The number of carbonyl (C=O) groups excluding carboxylic acids is 1. The lowest BCUT2D eigenvalue weighted by Gasteiger charge is -2.32. The van der Waals surface area contributed by atoms with Gasteiger partial charge >= 0.3 is 0 Å². The molecule has 1 aliphatic rings. The van der Waals surface area contributed by atoms with Crippen LogP contribution in [0.4, 0.5) is 14.5 Å². The molecule has 2 rings (SSSR count). The maximum Gasteiger partial charge on any atom is 0.285 e. The summed E-state index contributed by atoms with van der Waals surface area (Å²) >= 11 is 3.22. The van der Waals surface area contributed by atoms with Gasteiger partial charge in [0.15, 0.2) is 11.6 Å². The van der Waals surface area contributed by atoms with Gasteiger partial charge in [-0.05, 0) is 6.07 Å². The van der Waals surface area contributed by atoms with Crippen molar-refractivity contribution in [3.8, 4) is 0 Å². The van der Waals surface area contributed by atoms with Crippen molar-refractivity contribution in [2.45, 2.75) is 6.10 Å². The Kier molecular flexibility index (Phi) is 4.84. The molecule has 0 spiro atoms. The number of morpholine rings is 1. The fourth-order valence-electron chi connectivity index (χ4n) is 2.03. The summed E-state index contributed by atoms with van der Waals surface area (Å²) in [5, 5.41) is 11.4. The van der Waals surface area contributed by atoms with E-state index < -0.39 is 33.7 Å². The molecule has 9 heteroatoms. The Labute approximate surface area is 127 Å².